The van der Waals surface area contributed by atoms with Crippen LogP contribution in [-0.2, 0) is 20.9 Å². The van der Waals surface area contributed by atoms with Gasteiger partial charge in [0.05, 0.1) is 12.0 Å². The lowest BCUT2D eigenvalue weighted by Gasteiger charge is -2.18. The van der Waals surface area contributed by atoms with Crippen molar-refractivity contribution in [3.8, 4) is 0 Å². The number of ether oxygens (including phenoxy) is 1. The number of primary amides is 1. The van der Waals surface area contributed by atoms with Gasteiger partial charge in [-0.25, -0.2) is 4.79 Å². The molecule has 0 bridgehead atoms. The van der Waals surface area contributed by atoms with Crippen LogP contribution in [0.1, 0.15) is 18.4 Å². The summed E-state index contributed by atoms with van der Waals surface area (Å²) in [6.07, 6.45) is -1.21. The molecule has 0 unspecified atom stereocenters. The first kappa shape index (κ1) is 15.5. The molecule has 1 atom stereocenters. The highest BCUT2D eigenvalue weighted by Gasteiger charge is 2.15. The summed E-state index contributed by atoms with van der Waals surface area (Å²) >= 11 is 0. The zero-order chi connectivity index (χ0) is 15.0. The van der Waals surface area contributed by atoms with Crippen LogP contribution in [0.15, 0.2) is 30.3 Å². The summed E-state index contributed by atoms with van der Waals surface area (Å²) in [5.74, 6) is -2.15. The Kier molecular flexibility index (Phi) is 6.02. The average Bonchev–Trinajstić information content (AvgIpc) is 2.41. The van der Waals surface area contributed by atoms with Crippen molar-refractivity contribution in [1.82, 2.24) is 5.32 Å². The normalized spacial score (nSPS) is 11.4. The van der Waals surface area contributed by atoms with Gasteiger partial charge in [-0.2, -0.15) is 0 Å². The number of carboxylic acids is 1. The van der Waals surface area contributed by atoms with E-state index in [-0.39, 0.29) is 19.4 Å². The minimum Gasteiger partial charge on any atom is -0.548 e. The molecule has 3 N–H and O–H groups in total. The number of hydrogen-bond donors (Lipinski definition) is 2. The van der Waals surface area contributed by atoms with Crippen molar-refractivity contribution in [3.05, 3.63) is 35.9 Å². The standard InChI is InChI=1S/C13H16N2O5/c14-11(16)7-6-10(12(17)18)15-13(19)20-8-9-4-2-1-3-5-9/h1-5,10H,6-8H2,(H2,14,16)(H,15,19)(H,17,18)/p-1/t10-/m0/s1. The third-order valence-electron chi connectivity index (χ3n) is 2.47. The third kappa shape index (κ3) is 5.85. The maximum atomic E-state index is 11.4. The van der Waals surface area contributed by atoms with Gasteiger partial charge in [0.25, 0.3) is 0 Å². The fraction of sp³-hybridized carbons (Fsp3) is 0.308. The summed E-state index contributed by atoms with van der Waals surface area (Å²) in [5.41, 5.74) is 5.68. The minimum atomic E-state index is -1.50. The zero-order valence-corrected chi connectivity index (χ0v) is 10.7. The van der Waals surface area contributed by atoms with Gasteiger partial charge in [-0.05, 0) is 12.0 Å². The highest BCUT2D eigenvalue weighted by Crippen LogP contribution is 2.02. The Hall–Kier alpha value is -2.57. The van der Waals surface area contributed by atoms with Crippen molar-refractivity contribution in [1.29, 1.82) is 0 Å². The van der Waals surface area contributed by atoms with Gasteiger partial charge in [0.2, 0.25) is 5.91 Å². The summed E-state index contributed by atoms with van der Waals surface area (Å²) in [5, 5.41) is 12.9. The fourth-order valence-corrected chi connectivity index (χ4v) is 1.44. The second kappa shape index (κ2) is 7.78. The van der Waals surface area contributed by atoms with Crippen LogP contribution in [-0.4, -0.2) is 24.0 Å². The molecule has 0 aromatic heterocycles. The van der Waals surface area contributed by atoms with Crippen LogP contribution in [0.3, 0.4) is 0 Å². The molecule has 20 heavy (non-hydrogen) atoms. The van der Waals surface area contributed by atoms with Crippen molar-refractivity contribution < 1.29 is 24.2 Å². The number of aliphatic carboxylic acids is 1. The number of carboxylic acid groups (broad SMARTS) is 1. The lowest BCUT2D eigenvalue weighted by molar-refractivity contribution is -0.308. The largest absolute Gasteiger partial charge is 0.548 e. The molecule has 0 aliphatic carbocycles. The molecular weight excluding hydrogens is 264 g/mol. The second-order valence-corrected chi connectivity index (χ2v) is 4.08. The van der Waals surface area contributed by atoms with Crippen molar-refractivity contribution in [2.24, 2.45) is 5.73 Å². The fourth-order valence-electron chi connectivity index (χ4n) is 1.44. The maximum absolute atomic E-state index is 11.4. The molecule has 0 saturated carbocycles. The molecule has 0 aliphatic rings. The molecule has 7 heteroatoms. The van der Waals surface area contributed by atoms with E-state index in [0.717, 1.165) is 5.56 Å². The molecule has 0 radical (unpaired) electrons. The molecule has 7 nitrogen and oxygen atoms in total. The molecule has 0 heterocycles. The highest BCUT2D eigenvalue weighted by molar-refractivity contribution is 5.80. The number of rotatable bonds is 7. The number of carbonyl (C=O) groups excluding carboxylic acids is 3. The predicted octanol–water partition coefficient (Wildman–Crippen LogP) is -0.703. The minimum absolute atomic E-state index is 0.0161. The SMILES string of the molecule is NC(=O)CC[C@H](NC(=O)OCc1ccccc1)C(=O)[O-]. The highest BCUT2D eigenvalue weighted by atomic mass is 16.5. The lowest BCUT2D eigenvalue weighted by atomic mass is 10.1. The summed E-state index contributed by atoms with van der Waals surface area (Å²) < 4.78 is 4.86. The lowest BCUT2D eigenvalue weighted by Crippen LogP contribution is -2.48. The number of amides is 2. The zero-order valence-electron chi connectivity index (χ0n) is 10.7. The summed E-state index contributed by atoms with van der Waals surface area (Å²) in [6, 6.07) is 7.60. The van der Waals surface area contributed by atoms with Gasteiger partial charge >= 0.3 is 6.09 Å². The number of nitrogens with two attached hydrogens (primary N) is 1. The van der Waals surface area contributed by atoms with E-state index >= 15 is 0 Å². The van der Waals surface area contributed by atoms with Crippen molar-refractivity contribution >= 4 is 18.0 Å². The monoisotopic (exact) mass is 279 g/mol. The molecule has 1 rings (SSSR count). The van der Waals surface area contributed by atoms with Gasteiger partial charge in [0, 0.05) is 6.42 Å². The van der Waals surface area contributed by atoms with Crippen LogP contribution < -0.4 is 16.2 Å². The van der Waals surface area contributed by atoms with E-state index in [2.05, 4.69) is 5.32 Å². The maximum Gasteiger partial charge on any atom is 0.407 e. The summed E-state index contributed by atoms with van der Waals surface area (Å²) in [7, 11) is 0. The van der Waals surface area contributed by atoms with E-state index < -0.39 is 24.0 Å². The van der Waals surface area contributed by atoms with E-state index in [9.17, 15) is 19.5 Å². The molecule has 108 valence electrons. The third-order valence-corrected chi connectivity index (χ3v) is 2.47. The smallest absolute Gasteiger partial charge is 0.407 e. The van der Waals surface area contributed by atoms with E-state index in [1.54, 1.807) is 24.3 Å². The number of nitrogens with one attached hydrogen (secondary N) is 1. The van der Waals surface area contributed by atoms with Gasteiger partial charge in [-0.1, -0.05) is 30.3 Å². The Morgan fingerprint density at radius 3 is 2.45 bits per heavy atom. The van der Waals surface area contributed by atoms with Gasteiger partial charge in [-0.3, -0.25) is 4.79 Å². The first-order chi connectivity index (χ1) is 9.49. The Labute approximate surface area is 115 Å². The Bertz CT molecular complexity index is 475. The van der Waals surface area contributed by atoms with E-state index in [1.807, 2.05) is 6.07 Å². The summed E-state index contributed by atoms with van der Waals surface area (Å²) in [6.45, 7) is 0.0161. The molecule has 1 aromatic rings. The van der Waals surface area contributed by atoms with Gasteiger partial charge < -0.3 is 25.7 Å². The molecular formula is C13H15N2O5-. The average molecular weight is 279 g/mol. The second-order valence-electron chi connectivity index (χ2n) is 4.08. The van der Waals surface area contributed by atoms with Crippen LogP contribution in [0.2, 0.25) is 0 Å². The topological polar surface area (TPSA) is 122 Å². The number of hydrogen-bond acceptors (Lipinski definition) is 5. The molecule has 2 amide bonds. The van der Waals surface area contributed by atoms with Crippen LogP contribution in [0.4, 0.5) is 4.79 Å². The van der Waals surface area contributed by atoms with E-state index in [4.69, 9.17) is 10.5 Å². The van der Waals surface area contributed by atoms with Crippen molar-refractivity contribution in [2.75, 3.05) is 0 Å². The Morgan fingerprint density at radius 2 is 1.90 bits per heavy atom. The van der Waals surface area contributed by atoms with Gasteiger partial charge in [-0.15, -0.1) is 0 Å². The van der Waals surface area contributed by atoms with Crippen LogP contribution >= 0.6 is 0 Å². The molecule has 0 fully saturated rings. The van der Waals surface area contributed by atoms with Crippen molar-refractivity contribution in [2.45, 2.75) is 25.5 Å². The van der Waals surface area contributed by atoms with Crippen molar-refractivity contribution in [3.63, 3.8) is 0 Å². The predicted molar refractivity (Wildman–Crippen MR) is 67.0 cm³/mol. The molecule has 0 spiro atoms. The first-order valence-corrected chi connectivity index (χ1v) is 5.95. The quantitative estimate of drug-likeness (QED) is 0.683. The van der Waals surface area contributed by atoms with Gasteiger partial charge in [0.1, 0.15) is 6.61 Å². The van der Waals surface area contributed by atoms with E-state index in [1.165, 1.54) is 0 Å². The molecule has 1 aromatic carbocycles. The molecule has 0 saturated heterocycles. The Balaban J connectivity index is 2.41. The van der Waals surface area contributed by atoms with Gasteiger partial charge in [0.15, 0.2) is 0 Å². The van der Waals surface area contributed by atoms with Crippen LogP contribution in [0, 0.1) is 0 Å². The summed E-state index contributed by atoms with van der Waals surface area (Å²) in [4.78, 5) is 32.8. The Morgan fingerprint density at radius 1 is 1.25 bits per heavy atom. The number of benzene rings is 1. The first-order valence-electron chi connectivity index (χ1n) is 5.95. The molecule has 0 aliphatic heterocycles. The van der Waals surface area contributed by atoms with Crippen LogP contribution in [0.25, 0.3) is 0 Å². The van der Waals surface area contributed by atoms with Crippen LogP contribution in [0.5, 0.6) is 0 Å². The number of carbonyl (C=O) groups is 3. The number of alkyl carbamates (subject to hydrolysis) is 1. The van der Waals surface area contributed by atoms with E-state index in [0.29, 0.717) is 0 Å².